The normalized spacial score (nSPS) is 14.7. The summed E-state index contributed by atoms with van der Waals surface area (Å²) in [5, 5.41) is 7.35. The van der Waals surface area contributed by atoms with E-state index in [1.54, 1.807) is 48.5 Å². The molecule has 0 saturated heterocycles. The van der Waals surface area contributed by atoms with E-state index in [1.807, 2.05) is 6.08 Å². The van der Waals surface area contributed by atoms with Crippen LogP contribution in [0.2, 0.25) is 0 Å². The third-order valence-electron chi connectivity index (χ3n) is 6.56. The highest BCUT2D eigenvalue weighted by atomic mass is 19.4. The molecule has 9 nitrogen and oxygen atoms in total. The number of carbonyl (C=O) groups excluding carboxylic acids is 2. The lowest BCUT2D eigenvalue weighted by atomic mass is 10.0. The van der Waals surface area contributed by atoms with Crippen LogP contribution >= 0.6 is 0 Å². The average molecular weight is 536 g/mol. The number of amides is 2. The van der Waals surface area contributed by atoms with Crippen LogP contribution in [0.25, 0.3) is 27.7 Å². The van der Waals surface area contributed by atoms with Crippen LogP contribution in [0.1, 0.15) is 30.5 Å². The minimum absolute atomic E-state index is 0.163. The van der Waals surface area contributed by atoms with E-state index in [9.17, 15) is 22.8 Å². The second-order valence-corrected chi connectivity index (χ2v) is 9.06. The smallest absolute Gasteiger partial charge is 0.360 e. The number of nitrogens with one attached hydrogen (secondary N) is 2. The zero-order valence-corrected chi connectivity index (χ0v) is 20.9. The summed E-state index contributed by atoms with van der Waals surface area (Å²) in [5.41, 5.74) is 1.18. The van der Waals surface area contributed by atoms with Crippen LogP contribution in [0.5, 0.6) is 0 Å². The highest BCUT2D eigenvalue weighted by Crippen LogP contribution is 2.38. The number of halogens is 3. The van der Waals surface area contributed by atoms with Crippen molar-refractivity contribution in [2.24, 2.45) is 0 Å². The summed E-state index contributed by atoms with van der Waals surface area (Å²) in [7, 11) is 0. The summed E-state index contributed by atoms with van der Waals surface area (Å²) in [6.07, 6.45) is 4.67. The van der Waals surface area contributed by atoms with E-state index < -0.39 is 23.7 Å². The maximum atomic E-state index is 13.8. The van der Waals surface area contributed by atoms with Gasteiger partial charge in [0.25, 0.3) is 5.91 Å². The summed E-state index contributed by atoms with van der Waals surface area (Å²) >= 11 is 0. The largest absolute Gasteiger partial charge is 0.419 e. The van der Waals surface area contributed by atoms with Gasteiger partial charge in [0.2, 0.25) is 11.9 Å². The monoisotopic (exact) mass is 535 g/mol. The van der Waals surface area contributed by atoms with Gasteiger partial charge in [-0.3, -0.25) is 19.6 Å². The first kappa shape index (κ1) is 25.9. The molecule has 12 heteroatoms. The summed E-state index contributed by atoms with van der Waals surface area (Å²) in [6.45, 7) is 6.11. The Hall–Kier alpha value is -4.74. The minimum atomic E-state index is -4.70. The molecule has 2 amide bonds. The molecule has 200 valence electrons. The predicted octanol–water partition coefficient (Wildman–Crippen LogP) is 4.84. The maximum absolute atomic E-state index is 13.8. The fourth-order valence-electron chi connectivity index (χ4n) is 4.44. The number of alkyl halides is 3. The molecular formula is C27H24F3N7O2. The van der Waals surface area contributed by atoms with Crippen LogP contribution in [-0.2, 0) is 15.8 Å². The van der Waals surface area contributed by atoms with Gasteiger partial charge in [-0.2, -0.15) is 18.3 Å². The quantitative estimate of drug-likeness (QED) is 0.344. The van der Waals surface area contributed by atoms with E-state index in [0.29, 0.717) is 36.6 Å². The first-order valence-electron chi connectivity index (χ1n) is 12.1. The van der Waals surface area contributed by atoms with Crippen molar-refractivity contribution in [3.63, 3.8) is 0 Å². The van der Waals surface area contributed by atoms with Gasteiger partial charge >= 0.3 is 6.18 Å². The first-order valence-corrected chi connectivity index (χ1v) is 12.1. The second-order valence-electron chi connectivity index (χ2n) is 9.06. The van der Waals surface area contributed by atoms with Gasteiger partial charge in [-0.25, -0.2) is 9.97 Å². The zero-order chi connectivity index (χ0) is 27.7. The van der Waals surface area contributed by atoms with E-state index >= 15 is 0 Å². The minimum Gasteiger partial charge on any atom is -0.360 e. The molecular weight excluding hydrogens is 511 g/mol. The number of benzene rings is 1. The Bertz CT molecular complexity index is 1600. The molecule has 0 aliphatic carbocycles. The number of hydrogen-bond acceptors (Lipinski definition) is 5. The second kappa shape index (κ2) is 10.2. The van der Waals surface area contributed by atoms with Crippen molar-refractivity contribution >= 4 is 34.2 Å². The lowest BCUT2D eigenvalue weighted by molar-refractivity contribution is -0.137. The van der Waals surface area contributed by atoms with E-state index in [2.05, 4.69) is 31.9 Å². The SMILES string of the molecule is C=CC(=O)N1CCC=C(c2cnn(C(C)C(=O)Nc3ncc(C(F)(F)F)c(-c4c[nH]c5ccccc45)n3)c2)C1. The summed E-state index contributed by atoms with van der Waals surface area (Å²) in [4.78, 5) is 37.5. The molecule has 1 atom stereocenters. The van der Waals surface area contributed by atoms with Gasteiger partial charge in [-0.15, -0.1) is 0 Å². The number of carbonyl (C=O) groups is 2. The van der Waals surface area contributed by atoms with Crippen LogP contribution in [0, 0.1) is 0 Å². The van der Waals surface area contributed by atoms with Crippen molar-refractivity contribution in [2.45, 2.75) is 25.6 Å². The molecule has 0 radical (unpaired) electrons. The number of hydrogen-bond donors (Lipinski definition) is 2. The summed E-state index contributed by atoms with van der Waals surface area (Å²) in [6, 6.07) is 6.09. The highest BCUT2D eigenvalue weighted by molar-refractivity contribution is 5.96. The lowest BCUT2D eigenvalue weighted by Gasteiger charge is -2.26. The van der Waals surface area contributed by atoms with Crippen molar-refractivity contribution in [3.05, 3.63) is 78.9 Å². The van der Waals surface area contributed by atoms with E-state index in [-0.39, 0.29) is 23.1 Å². The van der Waals surface area contributed by atoms with Gasteiger partial charge in [0.15, 0.2) is 0 Å². The number of nitrogens with zero attached hydrogens (tertiary/aromatic N) is 5. The Morgan fingerprint density at radius 2 is 2.03 bits per heavy atom. The Morgan fingerprint density at radius 1 is 1.23 bits per heavy atom. The number of para-hydroxylation sites is 1. The molecule has 0 saturated carbocycles. The number of aromatic nitrogens is 5. The van der Waals surface area contributed by atoms with E-state index in [1.165, 1.54) is 17.0 Å². The van der Waals surface area contributed by atoms with Crippen LogP contribution < -0.4 is 5.32 Å². The fourth-order valence-corrected chi connectivity index (χ4v) is 4.44. The van der Waals surface area contributed by atoms with Crippen molar-refractivity contribution in [1.29, 1.82) is 0 Å². The Morgan fingerprint density at radius 3 is 2.79 bits per heavy atom. The summed E-state index contributed by atoms with van der Waals surface area (Å²) < 4.78 is 42.9. The van der Waals surface area contributed by atoms with E-state index in [0.717, 1.165) is 11.1 Å². The van der Waals surface area contributed by atoms with Crippen LogP contribution in [0.3, 0.4) is 0 Å². The molecule has 1 aromatic carbocycles. The Balaban J connectivity index is 1.37. The van der Waals surface area contributed by atoms with E-state index in [4.69, 9.17) is 0 Å². The van der Waals surface area contributed by atoms with Crippen LogP contribution in [-0.4, -0.2) is 54.5 Å². The Labute approximate surface area is 221 Å². The third-order valence-corrected chi connectivity index (χ3v) is 6.56. The lowest BCUT2D eigenvalue weighted by Crippen LogP contribution is -2.34. The number of H-pyrrole nitrogens is 1. The van der Waals surface area contributed by atoms with Gasteiger partial charge < -0.3 is 9.88 Å². The zero-order valence-electron chi connectivity index (χ0n) is 20.9. The molecule has 0 spiro atoms. The molecule has 0 bridgehead atoms. The van der Waals surface area contributed by atoms with Crippen molar-refractivity contribution < 1.29 is 22.8 Å². The van der Waals surface area contributed by atoms with Crippen LogP contribution in [0.4, 0.5) is 19.1 Å². The fraction of sp³-hybridized carbons (Fsp3) is 0.222. The molecule has 1 unspecified atom stereocenters. The predicted molar refractivity (Wildman–Crippen MR) is 139 cm³/mol. The van der Waals surface area contributed by atoms with Gasteiger partial charge in [0.1, 0.15) is 11.6 Å². The molecule has 2 N–H and O–H groups in total. The molecule has 3 aromatic heterocycles. The van der Waals surface area contributed by atoms with Gasteiger partial charge in [0.05, 0.1) is 11.9 Å². The van der Waals surface area contributed by atoms with Gasteiger partial charge in [-0.05, 0) is 31.1 Å². The molecule has 1 aliphatic rings. The maximum Gasteiger partial charge on any atom is 0.419 e. The van der Waals surface area contributed by atoms with Crippen LogP contribution in [0.15, 0.2) is 67.8 Å². The topological polar surface area (TPSA) is 109 Å². The third kappa shape index (κ3) is 5.17. The van der Waals surface area contributed by atoms with Crippen molar-refractivity contribution in [1.82, 2.24) is 29.6 Å². The molecule has 5 rings (SSSR count). The highest BCUT2D eigenvalue weighted by Gasteiger charge is 2.36. The number of fused-ring (bicyclic) bond motifs is 1. The molecule has 1 aliphatic heterocycles. The number of aromatic amines is 1. The Kier molecular flexibility index (Phi) is 6.77. The standard InChI is InChI=1S/C27H24F3N7O2/c1-3-23(38)36-10-6-7-17(14-36)18-11-33-37(15-18)16(2)25(39)35-26-32-13-21(27(28,29)30)24(34-26)20-12-31-22-9-5-4-8-19(20)22/h3-5,7-9,11-13,15-16,31H,1,6,10,14H2,2H3,(H,32,34,35,39). The molecule has 4 heterocycles. The number of rotatable bonds is 6. The molecule has 0 fully saturated rings. The van der Waals surface area contributed by atoms with Crippen molar-refractivity contribution in [2.75, 3.05) is 18.4 Å². The molecule has 39 heavy (non-hydrogen) atoms. The number of anilines is 1. The average Bonchev–Trinajstić information content (AvgIpc) is 3.59. The molecule has 4 aromatic rings. The van der Waals surface area contributed by atoms with Crippen molar-refractivity contribution in [3.8, 4) is 11.3 Å². The van der Waals surface area contributed by atoms with Gasteiger partial charge in [0, 0.05) is 53.7 Å². The summed E-state index contributed by atoms with van der Waals surface area (Å²) in [5.74, 6) is -0.985. The first-order chi connectivity index (χ1) is 18.7. The van der Waals surface area contributed by atoms with Gasteiger partial charge in [-0.1, -0.05) is 30.9 Å².